The molecule has 1 fully saturated rings. The topological polar surface area (TPSA) is 57.6 Å². The van der Waals surface area contributed by atoms with E-state index in [0.717, 1.165) is 0 Å². The first-order valence-electron chi connectivity index (χ1n) is 4.96. The molecule has 4 nitrogen and oxygen atoms in total. The number of amides is 1. The molecule has 0 radical (unpaired) electrons. The second kappa shape index (κ2) is 4.66. The van der Waals surface area contributed by atoms with E-state index in [2.05, 4.69) is 15.9 Å². The molecule has 0 bridgehead atoms. The average molecular weight is 319 g/mol. The fourth-order valence-electron chi connectivity index (χ4n) is 1.81. The molecular weight excluding hydrogens is 309 g/mol. The molecule has 90 valence electrons. The van der Waals surface area contributed by atoms with Crippen LogP contribution in [-0.2, 0) is 4.79 Å². The average Bonchev–Trinajstić information content (AvgIpc) is 2.57. The van der Waals surface area contributed by atoms with E-state index in [1.807, 2.05) is 0 Å². The van der Waals surface area contributed by atoms with Crippen molar-refractivity contribution in [3.8, 4) is 0 Å². The molecule has 1 aliphatic heterocycles. The number of rotatable bonds is 2. The quantitative estimate of drug-likeness (QED) is 0.853. The fourth-order valence-corrected chi connectivity index (χ4v) is 2.55. The number of anilines is 1. The van der Waals surface area contributed by atoms with Crippen LogP contribution in [0.2, 0.25) is 5.02 Å². The summed E-state index contributed by atoms with van der Waals surface area (Å²) in [5.41, 5.74) is 0.446. The van der Waals surface area contributed by atoms with Gasteiger partial charge in [-0.3, -0.25) is 4.79 Å². The van der Waals surface area contributed by atoms with E-state index in [-0.39, 0.29) is 16.3 Å². The van der Waals surface area contributed by atoms with Crippen molar-refractivity contribution in [1.82, 2.24) is 0 Å². The first kappa shape index (κ1) is 12.4. The number of benzene rings is 1. The summed E-state index contributed by atoms with van der Waals surface area (Å²) in [4.78, 5) is 24.4. The Labute approximate surface area is 111 Å². The van der Waals surface area contributed by atoms with Gasteiger partial charge in [-0.1, -0.05) is 27.5 Å². The van der Waals surface area contributed by atoms with Gasteiger partial charge in [0.25, 0.3) is 0 Å². The number of carboxylic acid groups (broad SMARTS) is 1. The van der Waals surface area contributed by atoms with E-state index < -0.39 is 5.97 Å². The molecule has 1 saturated heterocycles. The molecule has 1 atom stereocenters. The van der Waals surface area contributed by atoms with Gasteiger partial charge in [-0.2, -0.15) is 0 Å². The molecule has 1 aromatic rings. The van der Waals surface area contributed by atoms with Gasteiger partial charge in [0.15, 0.2) is 0 Å². The van der Waals surface area contributed by atoms with E-state index in [1.165, 1.54) is 11.0 Å². The summed E-state index contributed by atoms with van der Waals surface area (Å²) >= 11 is 9.11. The van der Waals surface area contributed by atoms with Crippen molar-refractivity contribution in [1.29, 1.82) is 0 Å². The number of alkyl halides is 1. The van der Waals surface area contributed by atoms with Gasteiger partial charge in [0.2, 0.25) is 5.91 Å². The first-order valence-corrected chi connectivity index (χ1v) is 6.25. The number of carbonyl (C=O) groups excluding carboxylic acids is 1. The zero-order valence-electron chi connectivity index (χ0n) is 8.69. The Hall–Kier alpha value is -1.07. The van der Waals surface area contributed by atoms with Gasteiger partial charge in [0.05, 0.1) is 11.3 Å². The van der Waals surface area contributed by atoms with Gasteiger partial charge >= 0.3 is 5.97 Å². The lowest BCUT2D eigenvalue weighted by molar-refractivity contribution is -0.117. The van der Waals surface area contributed by atoms with E-state index >= 15 is 0 Å². The highest BCUT2D eigenvalue weighted by molar-refractivity contribution is 9.09. The Morgan fingerprint density at radius 2 is 2.24 bits per heavy atom. The molecule has 1 unspecified atom stereocenters. The molecule has 0 aliphatic carbocycles. The lowest BCUT2D eigenvalue weighted by Crippen LogP contribution is -2.26. The summed E-state index contributed by atoms with van der Waals surface area (Å²) in [7, 11) is 0. The van der Waals surface area contributed by atoms with Crippen LogP contribution in [0.15, 0.2) is 18.2 Å². The molecule has 0 saturated carbocycles. The Kier molecular flexibility index (Phi) is 3.40. The molecule has 0 aromatic heterocycles. The molecule has 6 heteroatoms. The van der Waals surface area contributed by atoms with Crippen LogP contribution in [-0.4, -0.2) is 28.4 Å². The lowest BCUT2D eigenvalue weighted by Gasteiger charge is -2.18. The van der Waals surface area contributed by atoms with Crippen LogP contribution >= 0.6 is 27.5 Å². The molecular formula is C11H9BrClNO3. The zero-order valence-corrected chi connectivity index (χ0v) is 11.0. The van der Waals surface area contributed by atoms with Crippen LogP contribution in [0.3, 0.4) is 0 Å². The van der Waals surface area contributed by atoms with Crippen LogP contribution < -0.4 is 4.90 Å². The minimum absolute atomic E-state index is 0.0486. The van der Waals surface area contributed by atoms with Gasteiger partial charge in [-0.15, -0.1) is 0 Å². The molecule has 1 heterocycles. The molecule has 0 spiro atoms. The minimum Gasteiger partial charge on any atom is -0.478 e. The summed E-state index contributed by atoms with van der Waals surface area (Å²) in [5.74, 6) is -1.18. The number of halogens is 2. The van der Waals surface area contributed by atoms with Crippen LogP contribution in [0.1, 0.15) is 16.8 Å². The number of hydrogen-bond donors (Lipinski definition) is 1. The maximum atomic E-state index is 11.7. The maximum absolute atomic E-state index is 11.7. The molecule has 1 aromatic carbocycles. The summed E-state index contributed by atoms with van der Waals surface area (Å²) in [6.45, 7) is 0.473. The van der Waals surface area contributed by atoms with Crippen LogP contribution in [0.5, 0.6) is 0 Å². The highest BCUT2D eigenvalue weighted by atomic mass is 79.9. The largest absolute Gasteiger partial charge is 0.478 e. The molecule has 1 amide bonds. The zero-order chi connectivity index (χ0) is 12.6. The van der Waals surface area contributed by atoms with E-state index in [1.54, 1.807) is 12.1 Å². The Morgan fingerprint density at radius 3 is 2.76 bits per heavy atom. The summed E-state index contributed by atoms with van der Waals surface area (Å²) in [6.07, 6.45) is 0.377. The van der Waals surface area contributed by atoms with Gasteiger partial charge in [-0.05, 0) is 18.2 Å². The summed E-state index contributed by atoms with van der Waals surface area (Å²) in [5, 5.41) is 9.44. The third kappa shape index (κ3) is 2.45. The first-order chi connectivity index (χ1) is 7.99. The molecule has 1 aliphatic rings. The van der Waals surface area contributed by atoms with E-state index in [0.29, 0.717) is 23.7 Å². The van der Waals surface area contributed by atoms with Crippen molar-refractivity contribution in [2.45, 2.75) is 11.2 Å². The van der Waals surface area contributed by atoms with Crippen molar-refractivity contribution >= 4 is 45.1 Å². The van der Waals surface area contributed by atoms with Gasteiger partial charge in [0, 0.05) is 22.8 Å². The SMILES string of the molecule is O=C(O)c1cc(Cl)ccc1N1CC(Br)CC1=O. The van der Waals surface area contributed by atoms with Gasteiger partial charge in [-0.25, -0.2) is 4.79 Å². The van der Waals surface area contributed by atoms with Crippen molar-refractivity contribution in [2.75, 3.05) is 11.4 Å². The maximum Gasteiger partial charge on any atom is 0.337 e. The normalized spacial score (nSPS) is 19.8. The minimum atomic E-state index is -1.09. The predicted octanol–water partition coefficient (Wildman–Crippen LogP) is 2.54. The van der Waals surface area contributed by atoms with Crippen molar-refractivity contribution < 1.29 is 14.7 Å². The Bertz CT molecular complexity index is 492. The van der Waals surface area contributed by atoms with Crippen LogP contribution in [0.4, 0.5) is 5.69 Å². The number of aromatic carboxylic acids is 1. The Balaban J connectivity index is 2.45. The van der Waals surface area contributed by atoms with Crippen molar-refractivity contribution in [3.63, 3.8) is 0 Å². The number of carboxylic acids is 1. The number of carbonyl (C=O) groups is 2. The third-order valence-corrected chi connectivity index (χ3v) is 3.41. The second-order valence-corrected chi connectivity index (χ2v) is 5.50. The molecule has 17 heavy (non-hydrogen) atoms. The van der Waals surface area contributed by atoms with Crippen molar-refractivity contribution in [3.05, 3.63) is 28.8 Å². The van der Waals surface area contributed by atoms with E-state index in [9.17, 15) is 9.59 Å². The third-order valence-electron chi connectivity index (χ3n) is 2.56. The van der Waals surface area contributed by atoms with Crippen LogP contribution in [0, 0.1) is 0 Å². The second-order valence-electron chi connectivity index (χ2n) is 3.77. The predicted molar refractivity (Wildman–Crippen MR) is 68.1 cm³/mol. The molecule has 1 N–H and O–H groups in total. The Morgan fingerprint density at radius 1 is 1.53 bits per heavy atom. The smallest absolute Gasteiger partial charge is 0.337 e. The molecule has 2 rings (SSSR count). The highest BCUT2D eigenvalue weighted by Gasteiger charge is 2.31. The summed E-state index contributed by atoms with van der Waals surface area (Å²) in [6, 6.07) is 4.50. The number of hydrogen-bond acceptors (Lipinski definition) is 2. The fraction of sp³-hybridized carbons (Fsp3) is 0.273. The monoisotopic (exact) mass is 317 g/mol. The van der Waals surface area contributed by atoms with Gasteiger partial charge in [0.1, 0.15) is 0 Å². The van der Waals surface area contributed by atoms with Gasteiger partial charge < -0.3 is 10.0 Å². The standard InChI is InChI=1S/C11H9BrClNO3/c12-6-3-10(15)14(5-6)9-2-1-7(13)4-8(9)11(16)17/h1-2,4,6H,3,5H2,(H,16,17). The van der Waals surface area contributed by atoms with Crippen molar-refractivity contribution in [2.24, 2.45) is 0 Å². The lowest BCUT2D eigenvalue weighted by atomic mass is 10.1. The van der Waals surface area contributed by atoms with E-state index in [4.69, 9.17) is 16.7 Å². The number of nitrogens with zero attached hydrogens (tertiary/aromatic N) is 1. The van der Waals surface area contributed by atoms with Crippen LogP contribution in [0.25, 0.3) is 0 Å². The highest BCUT2D eigenvalue weighted by Crippen LogP contribution is 2.30. The summed E-state index contributed by atoms with van der Waals surface area (Å²) < 4.78 is 0.